The molecule has 0 aliphatic rings. The van der Waals surface area contributed by atoms with Crippen molar-refractivity contribution in [3.8, 4) is 5.75 Å². The van der Waals surface area contributed by atoms with Gasteiger partial charge in [0.25, 0.3) is 0 Å². The second-order valence-electron chi connectivity index (χ2n) is 3.71. The first-order valence-corrected chi connectivity index (χ1v) is 5.58. The molecule has 0 aliphatic heterocycles. The van der Waals surface area contributed by atoms with Crippen LogP contribution in [0.15, 0.2) is 24.3 Å². The van der Waals surface area contributed by atoms with Gasteiger partial charge in [-0.25, -0.2) is 9.59 Å². The number of hydrogen-bond donors (Lipinski definition) is 4. The fraction of sp³-hybridized carbons (Fsp3) is 0.333. The van der Waals surface area contributed by atoms with Gasteiger partial charge in [0.15, 0.2) is 6.04 Å². The first-order valence-electron chi connectivity index (χ1n) is 5.58. The summed E-state index contributed by atoms with van der Waals surface area (Å²) in [7, 11) is 1.52. The molecule has 1 rings (SSSR count). The molecule has 0 heterocycles. The number of aliphatic carboxylic acids is 1. The second-order valence-corrected chi connectivity index (χ2v) is 3.71. The molecular formula is C12H16N2O5. The molecule has 0 fully saturated rings. The van der Waals surface area contributed by atoms with Gasteiger partial charge in [-0.15, -0.1) is 0 Å². The third-order valence-electron chi connectivity index (χ3n) is 2.42. The molecule has 0 saturated carbocycles. The van der Waals surface area contributed by atoms with Crippen LogP contribution in [0.5, 0.6) is 5.75 Å². The number of carbonyl (C=O) groups excluding carboxylic acids is 1. The third kappa shape index (κ3) is 4.47. The van der Waals surface area contributed by atoms with E-state index in [9.17, 15) is 9.59 Å². The summed E-state index contributed by atoms with van der Waals surface area (Å²) in [5.41, 5.74) is 0.760. The van der Waals surface area contributed by atoms with Crippen LogP contribution in [0.2, 0.25) is 0 Å². The van der Waals surface area contributed by atoms with E-state index in [4.69, 9.17) is 14.9 Å². The van der Waals surface area contributed by atoms with Crippen LogP contribution in [0.3, 0.4) is 0 Å². The number of rotatable bonds is 6. The van der Waals surface area contributed by atoms with Crippen molar-refractivity contribution in [1.82, 2.24) is 10.6 Å². The molecule has 1 aromatic carbocycles. The number of ether oxygens (including phenoxy) is 1. The summed E-state index contributed by atoms with van der Waals surface area (Å²) < 4.78 is 5.11. The molecule has 7 nitrogen and oxygen atoms in total. The Bertz CT molecular complexity index is 450. The molecule has 4 N–H and O–H groups in total. The standard InChI is InChI=1S/C12H16N2O5/c1-19-10-5-3-2-4-8(10)6-13-12(18)14-9(7-15)11(16)17/h2-5,9,15H,6-7H2,1H3,(H,16,17)(H2,13,14,18)/t9-/m0/s1. The van der Waals surface area contributed by atoms with Crippen LogP contribution in [0.1, 0.15) is 5.56 Å². The Morgan fingerprint density at radius 3 is 2.63 bits per heavy atom. The number of aliphatic hydroxyl groups is 1. The maximum atomic E-state index is 11.5. The van der Waals surface area contributed by atoms with Crippen molar-refractivity contribution in [2.24, 2.45) is 0 Å². The molecule has 0 saturated heterocycles. The van der Waals surface area contributed by atoms with Gasteiger partial charge < -0.3 is 25.6 Å². The van der Waals surface area contributed by atoms with Crippen molar-refractivity contribution >= 4 is 12.0 Å². The first kappa shape index (κ1) is 14.8. The van der Waals surface area contributed by atoms with Crippen molar-refractivity contribution in [3.63, 3.8) is 0 Å². The summed E-state index contributed by atoms with van der Waals surface area (Å²) in [6, 6.07) is 5.13. The SMILES string of the molecule is COc1ccccc1CNC(=O)N[C@@H](CO)C(=O)O. The number of para-hydroxylation sites is 1. The van der Waals surface area contributed by atoms with E-state index in [0.717, 1.165) is 5.56 Å². The topological polar surface area (TPSA) is 108 Å². The number of carbonyl (C=O) groups is 2. The summed E-state index contributed by atoms with van der Waals surface area (Å²) in [4.78, 5) is 22.1. The van der Waals surface area contributed by atoms with E-state index in [1.165, 1.54) is 7.11 Å². The number of aliphatic hydroxyl groups excluding tert-OH is 1. The average molecular weight is 268 g/mol. The van der Waals surface area contributed by atoms with E-state index >= 15 is 0 Å². The lowest BCUT2D eigenvalue weighted by Crippen LogP contribution is -2.47. The molecule has 1 aromatic rings. The largest absolute Gasteiger partial charge is 0.496 e. The van der Waals surface area contributed by atoms with Crippen LogP contribution >= 0.6 is 0 Å². The normalized spacial score (nSPS) is 11.5. The highest BCUT2D eigenvalue weighted by atomic mass is 16.5. The zero-order valence-corrected chi connectivity index (χ0v) is 10.4. The molecule has 0 unspecified atom stereocenters. The maximum Gasteiger partial charge on any atom is 0.328 e. The van der Waals surface area contributed by atoms with E-state index in [1.807, 2.05) is 0 Å². The number of urea groups is 1. The highest BCUT2D eigenvalue weighted by Gasteiger charge is 2.18. The zero-order valence-electron chi connectivity index (χ0n) is 10.4. The highest BCUT2D eigenvalue weighted by molar-refractivity contribution is 5.82. The Hall–Kier alpha value is -2.28. The summed E-state index contributed by atoms with van der Waals surface area (Å²) in [5, 5.41) is 22.1. The van der Waals surface area contributed by atoms with Gasteiger partial charge in [0, 0.05) is 12.1 Å². The lowest BCUT2D eigenvalue weighted by Gasteiger charge is -2.13. The number of carboxylic acid groups (broad SMARTS) is 1. The van der Waals surface area contributed by atoms with Gasteiger partial charge in [-0.05, 0) is 6.07 Å². The van der Waals surface area contributed by atoms with Gasteiger partial charge in [0.1, 0.15) is 5.75 Å². The van der Waals surface area contributed by atoms with E-state index in [1.54, 1.807) is 24.3 Å². The van der Waals surface area contributed by atoms with Gasteiger partial charge in [0.2, 0.25) is 0 Å². The van der Waals surface area contributed by atoms with Crippen LogP contribution in [0, 0.1) is 0 Å². The summed E-state index contributed by atoms with van der Waals surface area (Å²) in [5.74, 6) is -0.672. The van der Waals surface area contributed by atoms with Gasteiger partial charge in [-0.2, -0.15) is 0 Å². The minimum absolute atomic E-state index is 0.188. The Kier molecular flexibility index (Phi) is 5.62. The molecule has 0 aromatic heterocycles. The number of amides is 2. The van der Waals surface area contributed by atoms with E-state index in [2.05, 4.69) is 10.6 Å². The number of carboxylic acids is 1. The van der Waals surface area contributed by atoms with E-state index in [0.29, 0.717) is 5.75 Å². The molecule has 19 heavy (non-hydrogen) atoms. The number of methoxy groups -OCH3 is 1. The molecule has 104 valence electrons. The van der Waals surface area contributed by atoms with Crippen LogP contribution in [-0.4, -0.2) is 42.0 Å². The smallest absolute Gasteiger partial charge is 0.328 e. The quantitative estimate of drug-likeness (QED) is 0.578. The molecule has 0 spiro atoms. The molecule has 7 heteroatoms. The number of hydrogen-bond acceptors (Lipinski definition) is 4. The second kappa shape index (κ2) is 7.22. The maximum absolute atomic E-state index is 11.5. The Balaban J connectivity index is 2.52. The lowest BCUT2D eigenvalue weighted by molar-refractivity contribution is -0.140. The van der Waals surface area contributed by atoms with Crippen LogP contribution in [0.4, 0.5) is 4.79 Å². The summed E-state index contributed by atoms with van der Waals surface area (Å²) in [6.07, 6.45) is 0. The third-order valence-corrected chi connectivity index (χ3v) is 2.42. The molecule has 0 radical (unpaired) electrons. The van der Waals surface area contributed by atoms with Gasteiger partial charge in [-0.1, -0.05) is 18.2 Å². The van der Waals surface area contributed by atoms with Crippen molar-refractivity contribution in [2.45, 2.75) is 12.6 Å². The van der Waals surface area contributed by atoms with Gasteiger partial charge >= 0.3 is 12.0 Å². The van der Waals surface area contributed by atoms with Crippen LogP contribution < -0.4 is 15.4 Å². The predicted molar refractivity (Wildman–Crippen MR) is 66.9 cm³/mol. The van der Waals surface area contributed by atoms with Crippen molar-refractivity contribution in [2.75, 3.05) is 13.7 Å². The summed E-state index contributed by atoms with van der Waals surface area (Å²) >= 11 is 0. The number of nitrogens with one attached hydrogen (secondary N) is 2. The monoisotopic (exact) mass is 268 g/mol. The summed E-state index contributed by atoms with van der Waals surface area (Å²) in [6.45, 7) is -0.481. The van der Waals surface area contributed by atoms with Crippen molar-refractivity contribution in [3.05, 3.63) is 29.8 Å². The average Bonchev–Trinajstić information content (AvgIpc) is 2.42. The molecule has 1 atom stereocenters. The molecule has 0 aliphatic carbocycles. The minimum Gasteiger partial charge on any atom is -0.496 e. The van der Waals surface area contributed by atoms with Gasteiger partial charge in [-0.3, -0.25) is 0 Å². The zero-order chi connectivity index (χ0) is 14.3. The fourth-order valence-corrected chi connectivity index (χ4v) is 1.42. The Labute approximate surface area is 110 Å². The lowest BCUT2D eigenvalue weighted by atomic mass is 10.2. The molecule has 2 amide bonds. The first-order chi connectivity index (χ1) is 9.08. The predicted octanol–water partition coefficient (Wildman–Crippen LogP) is -0.0601. The molecular weight excluding hydrogens is 252 g/mol. The van der Waals surface area contributed by atoms with Crippen LogP contribution in [-0.2, 0) is 11.3 Å². The van der Waals surface area contributed by atoms with Crippen molar-refractivity contribution < 1.29 is 24.5 Å². The highest BCUT2D eigenvalue weighted by Crippen LogP contribution is 2.16. The van der Waals surface area contributed by atoms with E-state index in [-0.39, 0.29) is 6.54 Å². The minimum atomic E-state index is -1.32. The number of benzene rings is 1. The van der Waals surface area contributed by atoms with Gasteiger partial charge in [0.05, 0.1) is 13.7 Å². The Morgan fingerprint density at radius 1 is 1.37 bits per heavy atom. The Morgan fingerprint density at radius 2 is 2.05 bits per heavy atom. The van der Waals surface area contributed by atoms with Crippen molar-refractivity contribution in [1.29, 1.82) is 0 Å². The molecule has 0 bridgehead atoms. The fourth-order valence-electron chi connectivity index (χ4n) is 1.42. The van der Waals surface area contributed by atoms with Crippen LogP contribution in [0.25, 0.3) is 0 Å². The van der Waals surface area contributed by atoms with E-state index < -0.39 is 24.6 Å².